The van der Waals surface area contributed by atoms with E-state index in [0.717, 1.165) is 12.8 Å². The molecule has 1 atom stereocenters. The fourth-order valence-corrected chi connectivity index (χ4v) is 0.581. The Kier molecular flexibility index (Phi) is 5.64. The molecule has 0 aliphatic rings. The van der Waals surface area contributed by atoms with E-state index in [9.17, 15) is 5.11 Å². The first-order valence-corrected chi connectivity index (χ1v) is 3.62. The van der Waals surface area contributed by atoms with Crippen LogP contribution in [0.25, 0.3) is 0 Å². The predicted molar refractivity (Wildman–Crippen MR) is 38.8 cm³/mol. The second-order valence-electron chi connectivity index (χ2n) is 2.15. The van der Waals surface area contributed by atoms with Crippen LogP contribution >= 0.6 is 0 Å². The first-order chi connectivity index (χ1) is 4.31. The van der Waals surface area contributed by atoms with E-state index < -0.39 is 0 Å². The van der Waals surface area contributed by atoms with E-state index >= 15 is 0 Å². The van der Waals surface area contributed by atoms with E-state index in [-0.39, 0.29) is 6.10 Å². The number of hydrogen-bond donors (Lipinski definition) is 0. The molecule has 1 radical (unpaired) electrons. The summed E-state index contributed by atoms with van der Waals surface area (Å²) in [5, 5.41) is 10.7. The molecule has 0 aromatic carbocycles. The zero-order valence-corrected chi connectivity index (χ0v) is 6.26. The topological polar surface area (TPSA) is 19.9 Å². The van der Waals surface area contributed by atoms with Crippen molar-refractivity contribution in [2.24, 2.45) is 0 Å². The minimum atomic E-state index is -0.382. The molecule has 0 rings (SSSR count). The van der Waals surface area contributed by atoms with E-state index in [0.29, 0.717) is 6.42 Å². The monoisotopic (exact) mass is 127 g/mol. The van der Waals surface area contributed by atoms with Crippen molar-refractivity contribution in [2.75, 3.05) is 0 Å². The van der Waals surface area contributed by atoms with Crippen LogP contribution in [0.5, 0.6) is 0 Å². The average molecular weight is 127 g/mol. The van der Waals surface area contributed by atoms with Gasteiger partial charge in [0.05, 0.1) is 6.10 Å². The third-order valence-electron chi connectivity index (χ3n) is 1.26. The Balaban J connectivity index is 3.15. The van der Waals surface area contributed by atoms with Gasteiger partial charge < -0.3 is 0 Å². The molecule has 1 heteroatoms. The van der Waals surface area contributed by atoms with Crippen molar-refractivity contribution in [1.29, 1.82) is 0 Å². The Morgan fingerprint density at radius 2 is 2.00 bits per heavy atom. The first kappa shape index (κ1) is 8.70. The molecular weight excluding hydrogens is 112 g/mol. The Morgan fingerprint density at radius 3 is 2.44 bits per heavy atom. The minimum Gasteiger partial charge on any atom is -0.233 e. The Bertz CT molecular complexity index is 76.6. The number of hydrogen-bond acceptors (Lipinski definition) is 0. The molecule has 0 amide bonds. The second kappa shape index (κ2) is 5.83. The maximum absolute atomic E-state index is 10.7. The summed E-state index contributed by atoms with van der Waals surface area (Å²) in [6.45, 7) is 4.00. The quantitative estimate of drug-likeness (QED) is 0.517. The van der Waals surface area contributed by atoms with Gasteiger partial charge in [0.25, 0.3) is 0 Å². The molecule has 0 aromatic heterocycles. The predicted octanol–water partition coefficient (Wildman–Crippen LogP) is 2.55. The largest absolute Gasteiger partial charge is 0.233 e. The lowest BCUT2D eigenvalue weighted by molar-refractivity contribution is 0.0882. The number of allylic oxidation sites excluding steroid dienone is 1. The maximum Gasteiger partial charge on any atom is 0.0961 e. The van der Waals surface area contributed by atoms with Crippen molar-refractivity contribution in [3.8, 4) is 0 Å². The highest BCUT2D eigenvalue weighted by Crippen LogP contribution is 1.98. The van der Waals surface area contributed by atoms with E-state index in [1.165, 1.54) is 0 Å². The van der Waals surface area contributed by atoms with Gasteiger partial charge in [0, 0.05) is 0 Å². The van der Waals surface area contributed by atoms with Crippen LogP contribution in [-0.4, -0.2) is 6.10 Å². The molecule has 0 bridgehead atoms. The van der Waals surface area contributed by atoms with Gasteiger partial charge in [0.15, 0.2) is 0 Å². The van der Waals surface area contributed by atoms with Gasteiger partial charge in [-0.05, 0) is 19.3 Å². The third kappa shape index (κ3) is 5.57. The zero-order chi connectivity index (χ0) is 7.11. The Morgan fingerprint density at radius 1 is 1.33 bits per heavy atom. The molecule has 1 nitrogen and oxygen atoms in total. The van der Waals surface area contributed by atoms with Gasteiger partial charge in [-0.3, -0.25) is 0 Å². The van der Waals surface area contributed by atoms with Crippen molar-refractivity contribution in [3.63, 3.8) is 0 Å². The lowest BCUT2D eigenvalue weighted by Crippen LogP contribution is -1.98. The molecule has 0 spiro atoms. The van der Waals surface area contributed by atoms with Crippen LogP contribution in [0.4, 0.5) is 0 Å². The van der Waals surface area contributed by atoms with Gasteiger partial charge in [-0.25, -0.2) is 5.11 Å². The molecule has 0 fully saturated rings. The molecule has 0 aromatic rings. The summed E-state index contributed by atoms with van der Waals surface area (Å²) in [7, 11) is 0. The van der Waals surface area contributed by atoms with Crippen molar-refractivity contribution >= 4 is 0 Å². The van der Waals surface area contributed by atoms with Crippen LogP contribution in [0.1, 0.15) is 33.1 Å². The van der Waals surface area contributed by atoms with Gasteiger partial charge >= 0.3 is 0 Å². The summed E-state index contributed by atoms with van der Waals surface area (Å²) in [5.74, 6) is 0. The molecule has 53 valence electrons. The fourth-order valence-electron chi connectivity index (χ4n) is 0.581. The summed E-state index contributed by atoms with van der Waals surface area (Å²) in [5.41, 5.74) is 0. The molecule has 0 saturated heterocycles. The SMILES string of the molecule is CC/C=C/CC([O])CC. The summed E-state index contributed by atoms with van der Waals surface area (Å²) < 4.78 is 0. The highest BCUT2D eigenvalue weighted by Gasteiger charge is 1.96. The van der Waals surface area contributed by atoms with Crippen LogP contribution in [0.3, 0.4) is 0 Å². The lowest BCUT2D eigenvalue weighted by Gasteiger charge is -1.97. The minimum absolute atomic E-state index is 0.382. The highest BCUT2D eigenvalue weighted by molar-refractivity contribution is 4.82. The molecule has 0 aliphatic heterocycles. The molecule has 0 N–H and O–H groups in total. The standard InChI is InChI=1S/C8H15O/c1-3-5-6-7-8(9)4-2/h5-6,8H,3-4,7H2,1-2H3/b6-5+. The Hall–Kier alpha value is -0.300. The molecule has 0 saturated carbocycles. The average Bonchev–Trinajstić information content (AvgIpc) is 1.89. The van der Waals surface area contributed by atoms with E-state index in [2.05, 4.69) is 6.92 Å². The highest BCUT2D eigenvalue weighted by atomic mass is 16.3. The van der Waals surface area contributed by atoms with Gasteiger partial charge in [0.2, 0.25) is 0 Å². The van der Waals surface area contributed by atoms with Gasteiger partial charge in [-0.15, -0.1) is 0 Å². The van der Waals surface area contributed by atoms with Crippen LogP contribution < -0.4 is 0 Å². The van der Waals surface area contributed by atoms with Crippen LogP contribution in [-0.2, 0) is 5.11 Å². The van der Waals surface area contributed by atoms with Crippen LogP contribution in [0.15, 0.2) is 12.2 Å². The van der Waals surface area contributed by atoms with Gasteiger partial charge in [-0.2, -0.15) is 0 Å². The van der Waals surface area contributed by atoms with Crippen LogP contribution in [0, 0.1) is 0 Å². The summed E-state index contributed by atoms with van der Waals surface area (Å²) in [6.07, 6.45) is 6.11. The summed E-state index contributed by atoms with van der Waals surface area (Å²) in [6, 6.07) is 0. The molecule has 1 unspecified atom stereocenters. The van der Waals surface area contributed by atoms with E-state index in [1.54, 1.807) is 0 Å². The zero-order valence-electron chi connectivity index (χ0n) is 6.26. The summed E-state index contributed by atoms with van der Waals surface area (Å²) >= 11 is 0. The maximum atomic E-state index is 10.7. The van der Waals surface area contributed by atoms with Crippen molar-refractivity contribution in [3.05, 3.63) is 12.2 Å². The normalized spacial score (nSPS) is 14.6. The molecule has 9 heavy (non-hydrogen) atoms. The van der Waals surface area contributed by atoms with E-state index in [1.807, 2.05) is 19.1 Å². The number of rotatable bonds is 4. The molecular formula is C8H15O. The second-order valence-corrected chi connectivity index (χ2v) is 2.15. The van der Waals surface area contributed by atoms with Crippen molar-refractivity contribution in [1.82, 2.24) is 0 Å². The van der Waals surface area contributed by atoms with Crippen molar-refractivity contribution in [2.45, 2.75) is 39.2 Å². The van der Waals surface area contributed by atoms with Crippen LogP contribution in [0.2, 0.25) is 0 Å². The molecule has 0 aliphatic carbocycles. The van der Waals surface area contributed by atoms with E-state index in [4.69, 9.17) is 0 Å². The first-order valence-electron chi connectivity index (χ1n) is 3.62. The van der Waals surface area contributed by atoms with Gasteiger partial charge in [-0.1, -0.05) is 26.0 Å². The summed E-state index contributed by atoms with van der Waals surface area (Å²) in [4.78, 5) is 0. The smallest absolute Gasteiger partial charge is 0.0961 e. The fraction of sp³-hybridized carbons (Fsp3) is 0.750. The third-order valence-corrected chi connectivity index (χ3v) is 1.26. The molecule has 0 heterocycles. The lowest BCUT2D eigenvalue weighted by atomic mass is 10.2. The van der Waals surface area contributed by atoms with Crippen molar-refractivity contribution < 1.29 is 5.11 Å². The van der Waals surface area contributed by atoms with Gasteiger partial charge in [0.1, 0.15) is 0 Å². The Labute approximate surface area is 57.4 Å².